The van der Waals surface area contributed by atoms with Crippen LogP contribution in [-0.4, -0.2) is 45.4 Å². The Hall–Kier alpha value is -1.02. The highest BCUT2D eigenvalue weighted by molar-refractivity contribution is 9.10. The topological polar surface area (TPSA) is 68.8 Å². The van der Waals surface area contributed by atoms with E-state index in [1.54, 1.807) is 14.2 Å². The third-order valence-electron chi connectivity index (χ3n) is 3.60. The molecule has 1 saturated heterocycles. The van der Waals surface area contributed by atoms with E-state index in [9.17, 15) is 4.79 Å². The van der Waals surface area contributed by atoms with E-state index in [2.05, 4.69) is 26.6 Å². The number of hydrogen-bond donors (Lipinski definition) is 2. The minimum absolute atomic E-state index is 0. The van der Waals surface area contributed by atoms with E-state index in [0.717, 1.165) is 10.0 Å². The Labute approximate surface area is 150 Å². The number of benzene rings is 1. The second kappa shape index (κ2) is 9.32. The van der Waals surface area contributed by atoms with Gasteiger partial charge in [-0.15, -0.1) is 12.4 Å². The van der Waals surface area contributed by atoms with Gasteiger partial charge in [-0.1, -0.05) is 15.9 Å². The highest BCUT2D eigenvalue weighted by Gasteiger charge is 2.28. The van der Waals surface area contributed by atoms with Crippen LogP contribution in [0.1, 0.15) is 12.5 Å². The Kier molecular flexibility index (Phi) is 8.11. The smallest absolute Gasteiger partial charge is 0.240 e. The van der Waals surface area contributed by atoms with Crippen molar-refractivity contribution in [3.8, 4) is 11.5 Å². The van der Waals surface area contributed by atoms with Crippen LogP contribution in [0.3, 0.4) is 0 Å². The first kappa shape index (κ1) is 20.0. The number of nitrogens with one attached hydrogen (secondary N) is 2. The first-order valence-electron chi connectivity index (χ1n) is 7.10. The number of carbonyl (C=O) groups is 1. The first-order chi connectivity index (χ1) is 10.6. The lowest BCUT2D eigenvalue weighted by atomic mass is 10.1. The van der Waals surface area contributed by atoms with Gasteiger partial charge in [-0.25, -0.2) is 0 Å². The molecular formula is C15H22BrClN2O4. The Bertz CT molecular complexity index is 544. The van der Waals surface area contributed by atoms with Crippen molar-refractivity contribution in [2.45, 2.75) is 25.6 Å². The molecule has 130 valence electrons. The van der Waals surface area contributed by atoms with Gasteiger partial charge in [-0.05, 0) is 24.6 Å². The molecule has 0 unspecified atom stereocenters. The van der Waals surface area contributed by atoms with E-state index in [-0.39, 0.29) is 30.5 Å². The molecule has 0 aromatic heterocycles. The standard InChI is InChI=1S/C15H21BrN2O4.ClH/c1-9-14(17-4-5-22-9)15(19)18-8-10-6-12(20-2)13(21-3)7-11(10)16;/h6-7,9,14,17H,4-5,8H2,1-3H3,(H,18,19);1H/t9-,14+;/m1./s1. The molecule has 0 bridgehead atoms. The van der Waals surface area contributed by atoms with Gasteiger partial charge in [0, 0.05) is 17.6 Å². The van der Waals surface area contributed by atoms with E-state index in [0.29, 0.717) is 31.2 Å². The third-order valence-corrected chi connectivity index (χ3v) is 4.34. The quantitative estimate of drug-likeness (QED) is 0.777. The highest BCUT2D eigenvalue weighted by atomic mass is 79.9. The lowest BCUT2D eigenvalue weighted by molar-refractivity contribution is -0.129. The largest absolute Gasteiger partial charge is 0.493 e. The number of halogens is 2. The molecule has 0 radical (unpaired) electrons. The van der Waals surface area contributed by atoms with Gasteiger partial charge in [0.25, 0.3) is 0 Å². The molecule has 2 atom stereocenters. The van der Waals surface area contributed by atoms with Crippen molar-refractivity contribution in [3.63, 3.8) is 0 Å². The Morgan fingerprint density at radius 1 is 1.39 bits per heavy atom. The number of morpholine rings is 1. The molecule has 1 aromatic rings. The average Bonchev–Trinajstić information content (AvgIpc) is 2.53. The van der Waals surface area contributed by atoms with Gasteiger partial charge >= 0.3 is 0 Å². The zero-order chi connectivity index (χ0) is 16.1. The fourth-order valence-electron chi connectivity index (χ4n) is 2.35. The summed E-state index contributed by atoms with van der Waals surface area (Å²) in [6.07, 6.45) is -0.136. The lowest BCUT2D eigenvalue weighted by Crippen LogP contribution is -2.55. The molecule has 1 aliphatic heterocycles. The van der Waals surface area contributed by atoms with Gasteiger partial charge in [0.1, 0.15) is 6.04 Å². The van der Waals surface area contributed by atoms with Crippen LogP contribution in [-0.2, 0) is 16.1 Å². The summed E-state index contributed by atoms with van der Waals surface area (Å²) in [4.78, 5) is 12.2. The summed E-state index contributed by atoms with van der Waals surface area (Å²) in [5, 5.41) is 6.09. The summed E-state index contributed by atoms with van der Waals surface area (Å²) in [6.45, 7) is 3.60. The van der Waals surface area contributed by atoms with Crippen LogP contribution in [0.2, 0.25) is 0 Å². The molecule has 1 heterocycles. The van der Waals surface area contributed by atoms with Gasteiger partial charge in [0.15, 0.2) is 11.5 Å². The summed E-state index contributed by atoms with van der Waals surface area (Å²) in [5.74, 6) is 1.19. The van der Waals surface area contributed by atoms with Crippen LogP contribution >= 0.6 is 28.3 Å². The SMILES string of the molecule is COc1cc(Br)c(CNC(=O)[C@H]2NCCO[C@@H]2C)cc1OC.Cl. The molecule has 1 aliphatic rings. The summed E-state index contributed by atoms with van der Waals surface area (Å²) in [6, 6.07) is 3.34. The van der Waals surface area contributed by atoms with Crippen molar-refractivity contribution in [1.82, 2.24) is 10.6 Å². The van der Waals surface area contributed by atoms with Crippen LogP contribution < -0.4 is 20.1 Å². The fourth-order valence-corrected chi connectivity index (χ4v) is 2.81. The van der Waals surface area contributed by atoms with Gasteiger partial charge in [-0.3, -0.25) is 4.79 Å². The molecule has 0 aliphatic carbocycles. The minimum Gasteiger partial charge on any atom is -0.493 e. The molecule has 6 nitrogen and oxygen atoms in total. The molecule has 8 heteroatoms. The number of amides is 1. The monoisotopic (exact) mass is 408 g/mol. The third kappa shape index (κ3) is 4.97. The molecule has 2 rings (SSSR count). The number of ether oxygens (including phenoxy) is 3. The summed E-state index contributed by atoms with van der Waals surface area (Å²) in [5.41, 5.74) is 0.912. The second-order valence-electron chi connectivity index (χ2n) is 5.02. The minimum atomic E-state index is -0.326. The fraction of sp³-hybridized carbons (Fsp3) is 0.533. The molecule has 0 spiro atoms. The molecule has 1 fully saturated rings. The Morgan fingerprint density at radius 3 is 2.65 bits per heavy atom. The van der Waals surface area contributed by atoms with Crippen LogP contribution in [0.15, 0.2) is 16.6 Å². The normalized spacial score (nSPS) is 20.3. The van der Waals surface area contributed by atoms with E-state index in [4.69, 9.17) is 14.2 Å². The predicted octanol–water partition coefficient (Wildman–Crippen LogP) is 1.88. The lowest BCUT2D eigenvalue weighted by Gasteiger charge is -2.29. The second-order valence-corrected chi connectivity index (χ2v) is 5.88. The van der Waals surface area contributed by atoms with E-state index in [1.807, 2.05) is 19.1 Å². The Morgan fingerprint density at radius 2 is 2.04 bits per heavy atom. The van der Waals surface area contributed by atoms with Crippen molar-refractivity contribution < 1.29 is 19.0 Å². The van der Waals surface area contributed by atoms with Gasteiger partial charge < -0.3 is 24.8 Å². The average molecular weight is 410 g/mol. The molecule has 1 aromatic carbocycles. The van der Waals surface area contributed by atoms with E-state index in [1.165, 1.54) is 0 Å². The molecule has 2 N–H and O–H groups in total. The van der Waals surface area contributed by atoms with Crippen molar-refractivity contribution >= 4 is 34.2 Å². The maximum absolute atomic E-state index is 12.2. The van der Waals surface area contributed by atoms with Crippen molar-refractivity contribution in [2.24, 2.45) is 0 Å². The van der Waals surface area contributed by atoms with Crippen LogP contribution in [0, 0.1) is 0 Å². The molecular weight excluding hydrogens is 388 g/mol. The Balaban J connectivity index is 0.00000264. The molecule has 23 heavy (non-hydrogen) atoms. The van der Waals surface area contributed by atoms with Crippen LogP contribution in [0.25, 0.3) is 0 Å². The van der Waals surface area contributed by atoms with Crippen LogP contribution in [0.5, 0.6) is 11.5 Å². The summed E-state index contributed by atoms with van der Waals surface area (Å²) >= 11 is 3.48. The van der Waals surface area contributed by atoms with Gasteiger partial charge in [0.05, 0.1) is 26.9 Å². The van der Waals surface area contributed by atoms with Crippen molar-refractivity contribution in [2.75, 3.05) is 27.4 Å². The van der Waals surface area contributed by atoms with E-state index >= 15 is 0 Å². The first-order valence-corrected chi connectivity index (χ1v) is 7.89. The maximum atomic E-state index is 12.2. The number of rotatable bonds is 5. The van der Waals surface area contributed by atoms with Gasteiger partial charge in [0.2, 0.25) is 5.91 Å². The number of methoxy groups -OCH3 is 2. The van der Waals surface area contributed by atoms with Crippen molar-refractivity contribution in [3.05, 3.63) is 22.2 Å². The van der Waals surface area contributed by atoms with Crippen molar-refractivity contribution in [1.29, 1.82) is 0 Å². The number of hydrogen-bond acceptors (Lipinski definition) is 5. The maximum Gasteiger partial charge on any atom is 0.240 e. The van der Waals surface area contributed by atoms with E-state index < -0.39 is 0 Å². The highest BCUT2D eigenvalue weighted by Crippen LogP contribution is 2.33. The summed E-state index contributed by atoms with van der Waals surface area (Å²) < 4.78 is 16.9. The zero-order valence-electron chi connectivity index (χ0n) is 13.3. The van der Waals surface area contributed by atoms with Crippen LogP contribution in [0.4, 0.5) is 0 Å². The zero-order valence-corrected chi connectivity index (χ0v) is 15.8. The summed E-state index contributed by atoms with van der Waals surface area (Å²) in [7, 11) is 3.17. The molecule has 0 saturated carbocycles. The predicted molar refractivity (Wildman–Crippen MR) is 93.5 cm³/mol. The molecule has 1 amide bonds. The van der Waals surface area contributed by atoms with Gasteiger partial charge in [-0.2, -0.15) is 0 Å². The number of carbonyl (C=O) groups excluding carboxylic acids is 1.